The topological polar surface area (TPSA) is 56.8 Å². The summed E-state index contributed by atoms with van der Waals surface area (Å²) in [7, 11) is 3.60. The number of rotatable bonds is 6. The number of hydrogen-bond acceptors (Lipinski definition) is 4. The van der Waals surface area contributed by atoms with Crippen molar-refractivity contribution >= 4 is 28.1 Å². The van der Waals surface area contributed by atoms with E-state index in [9.17, 15) is 4.79 Å². The summed E-state index contributed by atoms with van der Waals surface area (Å²) in [6, 6.07) is 20.5. The van der Waals surface area contributed by atoms with Crippen LogP contribution in [0.3, 0.4) is 0 Å². The first-order valence-electron chi connectivity index (χ1n) is 10.1. The minimum Gasteiger partial charge on any atom is -0.381 e. The lowest BCUT2D eigenvalue weighted by atomic mass is 10.2. The molecule has 2 aromatic carbocycles. The molecule has 31 heavy (non-hydrogen) atoms. The summed E-state index contributed by atoms with van der Waals surface area (Å²) in [5.41, 5.74) is 6.16. The van der Waals surface area contributed by atoms with Gasteiger partial charge in [-0.25, -0.2) is 4.79 Å². The van der Waals surface area contributed by atoms with E-state index in [1.54, 1.807) is 34.6 Å². The Morgan fingerprint density at radius 3 is 2.55 bits per heavy atom. The smallest absolute Gasteiger partial charge is 0.328 e. The van der Waals surface area contributed by atoms with Gasteiger partial charge in [-0.2, -0.15) is 5.10 Å². The SMILES string of the molecule is Cn1c(=O)n(C)c2cc(NCc3cn(Cc4ccccc4)nc3-c3cccs3)ccc21. The lowest BCUT2D eigenvalue weighted by Crippen LogP contribution is -2.19. The number of thiophene rings is 1. The second-order valence-corrected chi connectivity index (χ2v) is 8.57. The molecule has 0 aliphatic heterocycles. The van der Waals surface area contributed by atoms with Gasteiger partial charge in [0.05, 0.1) is 22.5 Å². The van der Waals surface area contributed by atoms with Crippen LogP contribution in [0.4, 0.5) is 5.69 Å². The number of nitrogens with one attached hydrogen (secondary N) is 1. The summed E-state index contributed by atoms with van der Waals surface area (Å²) in [5, 5.41) is 10.5. The zero-order chi connectivity index (χ0) is 21.4. The molecule has 0 unspecified atom stereocenters. The predicted octanol–water partition coefficient (Wildman–Crippen LogP) is 4.46. The van der Waals surface area contributed by atoms with Crippen LogP contribution in [0.2, 0.25) is 0 Å². The maximum Gasteiger partial charge on any atom is 0.328 e. The Hall–Kier alpha value is -3.58. The van der Waals surface area contributed by atoms with Crippen LogP contribution in [0.1, 0.15) is 11.1 Å². The average Bonchev–Trinajstić information content (AvgIpc) is 3.50. The van der Waals surface area contributed by atoms with Gasteiger partial charge < -0.3 is 5.32 Å². The Kier molecular flexibility index (Phi) is 4.95. The molecule has 6 nitrogen and oxygen atoms in total. The normalized spacial score (nSPS) is 11.3. The first-order valence-corrected chi connectivity index (χ1v) is 11.0. The molecular formula is C24H23N5OS. The molecule has 5 aromatic rings. The van der Waals surface area contributed by atoms with Gasteiger partial charge in [-0.05, 0) is 35.2 Å². The van der Waals surface area contributed by atoms with E-state index in [4.69, 9.17) is 5.10 Å². The van der Waals surface area contributed by atoms with Gasteiger partial charge >= 0.3 is 5.69 Å². The molecule has 0 fully saturated rings. The predicted molar refractivity (Wildman–Crippen MR) is 127 cm³/mol. The van der Waals surface area contributed by atoms with Gasteiger partial charge in [-0.3, -0.25) is 13.8 Å². The molecule has 0 aliphatic carbocycles. The van der Waals surface area contributed by atoms with E-state index in [-0.39, 0.29) is 5.69 Å². The number of aromatic nitrogens is 4. The highest BCUT2D eigenvalue weighted by Gasteiger charge is 2.13. The van der Waals surface area contributed by atoms with Gasteiger partial charge in [-0.15, -0.1) is 11.3 Å². The number of benzene rings is 2. The van der Waals surface area contributed by atoms with Crippen molar-refractivity contribution in [1.29, 1.82) is 0 Å². The fraction of sp³-hybridized carbons (Fsp3) is 0.167. The van der Waals surface area contributed by atoms with Crippen molar-refractivity contribution < 1.29 is 0 Å². The quantitative estimate of drug-likeness (QED) is 0.434. The molecule has 0 atom stereocenters. The Balaban J connectivity index is 1.43. The van der Waals surface area contributed by atoms with Crippen LogP contribution in [-0.2, 0) is 27.2 Å². The number of hydrogen-bond donors (Lipinski definition) is 1. The van der Waals surface area contributed by atoms with Crippen LogP contribution < -0.4 is 11.0 Å². The number of nitrogens with zero attached hydrogens (tertiary/aromatic N) is 4. The molecule has 7 heteroatoms. The van der Waals surface area contributed by atoms with Crippen molar-refractivity contribution in [2.75, 3.05) is 5.32 Å². The van der Waals surface area contributed by atoms with E-state index in [0.717, 1.165) is 39.4 Å². The number of aryl methyl sites for hydroxylation is 2. The van der Waals surface area contributed by atoms with E-state index >= 15 is 0 Å². The van der Waals surface area contributed by atoms with E-state index in [2.05, 4.69) is 53.3 Å². The molecule has 0 saturated heterocycles. The molecule has 5 rings (SSSR count). The molecule has 3 heterocycles. The standard InChI is InChI=1S/C24H23N5OS/c1-27-20-11-10-19(13-21(20)28(2)24(27)30)25-14-18-16-29(15-17-7-4-3-5-8-17)26-23(18)22-9-6-12-31-22/h3-13,16,25H,14-15H2,1-2H3. The molecule has 0 amide bonds. The van der Waals surface area contributed by atoms with Crippen LogP contribution in [-0.4, -0.2) is 18.9 Å². The summed E-state index contributed by atoms with van der Waals surface area (Å²) in [6.45, 7) is 1.38. The Labute approximate surface area is 184 Å². The van der Waals surface area contributed by atoms with E-state index < -0.39 is 0 Å². The second kappa shape index (κ2) is 7.92. The zero-order valence-corrected chi connectivity index (χ0v) is 18.3. The van der Waals surface area contributed by atoms with E-state index in [1.807, 2.05) is 28.9 Å². The van der Waals surface area contributed by atoms with Crippen molar-refractivity contribution in [2.45, 2.75) is 13.1 Å². The summed E-state index contributed by atoms with van der Waals surface area (Å²) in [6.07, 6.45) is 2.12. The highest BCUT2D eigenvalue weighted by molar-refractivity contribution is 7.13. The Bertz CT molecular complexity index is 1390. The third kappa shape index (κ3) is 3.68. The van der Waals surface area contributed by atoms with Gasteiger partial charge in [0.15, 0.2) is 0 Å². The van der Waals surface area contributed by atoms with E-state index in [0.29, 0.717) is 6.54 Å². The molecule has 0 bridgehead atoms. The molecule has 1 N–H and O–H groups in total. The molecule has 0 radical (unpaired) electrons. The average molecular weight is 430 g/mol. The summed E-state index contributed by atoms with van der Waals surface area (Å²) in [4.78, 5) is 13.4. The van der Waals surface area contributed by atoms with Crippen molar-refractivity contribution in [3.63, 3.8) is 0 Å². The fourth-order valence-electron chi connectivity index (χ4n) is 3.88. The first-order chi connectivity index (χ1) is 15.1. The monoisotopic (exact) mass is 429 g/mol. The van der Waals surface area contributed by atoms with Crippen LogP contribution in [0.15, 0.2) is 77.0 Å². The molecular weight excluding hydrogens is 406 g/mol. The van der Waals surface area contributed by atoms with Crippen LogP contribution in [0.5, 0.6) is 0 Å². The number of imidazole rings is 1. The highest BCUT2D eigenvalue weighted by atomic mass is 32.1. The van der Waals surface area contributed by atoms with Gasteiger partial charge in [0.1, 0.15) is 5.69 Å². The summed E-state index contributed by atoms with van der Waals surface area (Å²) < 4.78 is 5.35. The van der Waals surface area contributed by atoms with Gasteiger partial charge in [-0.1, -0.05) is 36.4 Å². The van der Waals surface area contributed by atoms with E-state index in [1.165, 1.54) is 5.56 Å². The maximum absolute atomic E-state index is 12.2. The minimum absolute atomic E-state index is 0.0191. The maximum atomic E-state index is 12.2. The lowest BCUT2D eigenvalue weighted by Gasteiger charge is -2.07. The summed E-state index contributed by atoms with van der Waals surface area (Å²) in [5.74, 6) is 0. The fourth-order valence-corrected chi connectivity index (χ4v) is 4.62. The van der Waals surface area contributed by atoms with Crippen LogP contribution in [0, 0.1) is 0 Å². The van der Waals surface area contributed by atoms with Crippen LogP contribution >= 0.6 is 11.3 Å². The minimum atomic E-state index is -0.0191. The number of anilines is 1. The first kappa shape index (κ1) is 19.4. The molecule has 0 aliphatic rings. The molecule has 0 spiro atoms. The van der Waals surface area contributed by atoms with Crippen LogP contribution in [0.25, 0.3) is 21.6 Å². The number of fused-ring (bicyclic) bond motifs is 1. The largest absolute Gasteiger partial charge is 0.381 e. The van der Waals surface area contributed by atoms with Gasteiger partial charge in [0.2, 0.25) is 0 Å². The molecule has 0 saturated carbocycles. The van der Waals surface area contributed by atoms with Crippen molar-refractivity contribution in [3.8, 4) is 10.6 Å². The highest BCUT2D eigenvalue weighted by Crippen LogP contribution is 2.28. The van der Waals surface area contributed by atoms with Crippen molar-refractivity contribution in [3.05, 3.63) is 93.9 Å². The zero-order valence-electron chi connectivity index (χ0n) is 17.4. The summed E-state index contributed by atoms with van der Waals surface area (Å²) >= 11 is 1.70. The third-order valence-electron chi connectivity index (χ3n) is 5.53. The van der Waals surface area contributed by atoms with Crippen molar-refractivity contribution in [1.82, 2.24) is 18.9 Å². The third-order valence-corrected chi connectivity index (χ3v) is 6.41. The van der Waals surface area contributed by atoms with Crippen molar-refractivity contribution in [2.24, 2.45) is 14.1 Å². The Morgan fingerprint density at radius 2 is 1.77 bits per heavy atom. The lowest BCUT2D eigenvalue weighted by molar-refractivity contribution is 0.689. The van der Waals surface area contributed by atoms with Gasteiger partial charge in [0.25, 0.3) is 0 Å². The molecule has 3 aromatic heterocycles. The Morgan fingerprint density at radius 1 is 0.968 bits per heavy atom. The van der Waals surface area contributed by atoms with Gasteiger partial charge in [0, 0.05) is 38.1 Å². The second-order valence-electron chi connectivity index (χ2n) is 7.62. The molecule has 156 valence electrons.